The molecule has 0 amide bonds. The highest BCUT2D eigenvalue weighted by atomic mass is 32.3. The lowest BCUT2D eigenvalue weighted by Gasteiger charge is -2.08. The maximum absolute atomic E-state index is 13.4. The van der Waals surface area contributed by atoms with E-state index in [1.807, 2.05) is 4.72 Å². The van der Waals surface area contributed by atoms with Crippen molar-refractivity contribution in [2.45, 2.75) is 0 Å². The van der Waals surface area contributed by atoms with Crippen molar-refractivity contribution in [3.63, 3.8) is 0 Å². The number of anilines is 1. The van der Waals surface area contributed by atoms with Crippen LogP contribution in [0.3, 0.4) is 0 Å². The normalized spacial score (nSPS) is 12.5. The second-order valence-corrected chi connectivity index (χ2v) is 8.40. The van der Waals surface area contributed by atoms with E-state index in [0.717, 1.165) is 30.5 Å². The van der Waals surface area contributed by atoms with Gasteiger partial charge in [-0.3, -0.25) is 4.72 Å². The summed E-state index contributed by atoms with van der Waals surface area (Å²) in [6.45, 7) is 0. The van der Waals surface area contributed by atoms with Gasteiger partial charge in [0.05, 0.1) is 0 Å². The van der Waals surface area contributed by atoms with Crippen LogP contribution in [0.1, 0.15) is 5.56 Å². The molecule has 0 atom stereocenters. The Morgan fingerprint density at radius 3 is 2.48 bits per heavy atom. The highest BCUT2D eigenvalue weighted by Crippen LogP contribution is 2.17. The third-order valence-corrected chi connectivity index (χ3v) is 5.54. The van der Waals surface area contributed by atoms with Crippen molar-refractivity contribution in [3.05, 3.63) is 35.7 Å². The highest BCUT2D eigenvalue weighted by molar-refractivity contribution is 8.08. The lowest BCUT2D eigenvalue weighted by molar-refractivity contribution is -0.131. The third-order valence-electron chi connectivity index (χ3n) is 2.04. The fourth-order valence-electron chi connectivity index (χ4n) is 1.39. The fourth-order valence-corrected chi connectivity index (χ4v) is 4.36. The monoisotopic (exact) mass is 337 g/mol. The van der Waals surface area contributed by atoms with Crippen LogP contribution >= 0.6 is 0 Å². The largest absolute Gasteiger partial charge is 0.478 e. The molecule has 0 aliphatic heterocycles. The molecule has 1 rings (SSSR count). The van der Waals surface area contributed by atoms with Crippen molar-refractivity contribution < 1.29 is 31.1 Å². The number of halogens is 1. The number of carboxylic acids is 1. The van der Waals surface area contributed by atoms with Crippen LogP contribution in [0.5, 0.6) is 0 Å². The second kappa shape index (κ2) is 6.22. The average molecular weight is 337 g/mol. The molecule has 1 aromatic carbocycles. The van der Waals surface area contributed by atoms with Gasteiger partial charge in [-0.1, -0.05) is 0 Å². The zero-order chi connectivity index (χ0) is 16.3. The zero-order valence-corrected chi connectivity index (χ0v) is 12.4. The smallest absolute Gasteiger partial charge is 0.328 e. The van der Waals surface area contributed by atoms with E-state index in [0.29, 0.717) is 6.08 Å². The van der Waals surface area contributed by atoms with E-state index in [9.17, 15) is 26.0 Å². The van der Waals surface area contributed by atoms with E-state index in [-0.39, 0.29) is 11.3 Å². The number of hydrogen-bond donors (Lipinski definition) is 2. The van der Waals surface area contributed by atoms with Crippen LogP contribution < -0.4 is 4.72 Å². The quantitative estimate of drug-likeness (QED) is 0.737. The van der Waals surface area contributed by atoms with Crippen molar-refractivity contribution in [2.75, 3.05) is 16.1 Å². The second-order valence-electron chi connectivity index (χ2n) is 4.17. The molecular weight excluding hydrogens is 325 g/mol. The minimum absolute atomic E-state index is 0.0786. The Hall–Kier alpha value is -1.94. The predicted octanol–water partition coefficient (Wildman–Crippen LogP) is 0.667. The number of rotatable bonds is 6. The molecule has 0 spiro atoms. The van der Waals surface area contributed by atoms with Crippen molar-refractivity contribution in [3.8, 4) is 0 Å². The summed E-state index contributed by atoms with van der Waals surface area (Å²) in [5, 5.41) is 7.35. The SMILES string of the molecule is CS(=O)(=O)CS(=O)(=O)Nc1ccc(F)c(/C=C/C(=O)O)c1. The number of hydrogen-bond acceptors (Lipinski definition) is 5. The van der Waals surface area contributed by atoms with E-state index in [4.69, 9.17) is 5.11 Å². The Balaban J connectivity index is 3.06. The van der Waals surface area contributed by atoms with Crippen LogP contribution in [0.25, 0.3) is 6.08 Å². The lowest BCUT2D eigenvalue weighted by Crippen LogP contribution is -2.22. The summed E-state index contributed by atoms with van der Waals surface area (Å²) in [6.07, 6.45) is 2.40. The van der Waals surface area contributed by atoms with E-state index < -0.39 is 36.7 Å². The molecule has 2 N–H and O–H groups in total. The first-order valence-corrected chi connectivity index (χ1v) is 9.08. The van der Waals surface area contributed by atoms with Gasteiger partial charge < -0.3 is 5.11 Å². The van der Waals surface area contributed by atoms with Crippen LogP contribution in [0.15, 0.2) is 24.3 Å². The predicted molar refractivity (Wildman–Crippen MR) is 75.3 cm³/mol. The Bertz CT molecular complexity index is 783. The van der Waals surface area contributed by atoms with E-state index in [1.165, 1.54) is 0 Å². The van der Waals surface area contributed by atoms with Gasteiger partial charge in [-0.15, -0.1) is 0 Å². The average Bonchev–Trinajstić information content (AvgIpc) is 2.26. The van der Waals surface area contributed by atoms with Crippen molar-refractivity contribution >= 4 is 37.6 Å². The van der Waals surface area contributed by atoms with Crippen LogP contribution in [0.4, 0.5) is 10.1 Å². The molecule has 0 unspecified atom stereocenters. The molecule has 1 aromatic rings. The van der Waals surface area contributed by atoms with Crippen molar-refractivity contribution in [1.82, 2.24) is 0 Å². The summed E-state index contributed by atoms with van der Waals surface area (Å²) < 4.78 is 60.5. The van der Waals surface area contributed by atoms with Crippen LogP contribution in [-0.2, 0) is 24.7 Å². The maximum Gasteiger partial charge on any atom is 0.328 e. The minimum Gasteiger partial charge on any atom is -0.478 e. The molecule has 0 bridgehead atoms. The van der Waals surface area contributed by atoms with Crippen LogP contribution in [0.2, 0.25) is 0 Å². The third kappa shape index (κ3) is 6.36. The van der Waals surface area contributed by atoms with Crippen molar-refractivity contribution in [2.24, 2.45) is 0 Å². The topological polar surface area (TPSA) is 118 Å². The number of carbonyl (C=O) groups is 1. The Labute approximate surface area is 121 Å². The summed E-state index contributed by atoms with van der Waals surface area (Å²) in [4.78, 5) is 10.4. The molecule has 0 aromatic heterocycles. The molecule has 7 nitrogen and oxygen atoms in total. The molecule has 0 aliphatic rings. The van der Waals surface area contributed by atoms with Gasteiger partial charge in [0.25, 0.3) is 0 Å². The fraction of sp³-hybridized carbons (Fsp3) is 0.182. The molecule has 0 fully saturated rings. The minimum atomic E-state index is -4.15. The first-order chi connectivity index (χ1) is 9.48. The highest BCUT2D eigenvalue weighted by Gasteiger charge is 2.18. The molecule has 21 heavy (non-hydrogen) atoms. The molecule has 116 valence electrons. The first-order valence-electron chi connectivity index (χ1n) is 5.37. The summed E-state index contributed by atoms with van der Waals surface area (Å²) in [5.41, 5.74) is -0.234. The first kappa shape index (κ1) is 17.1. The van der Waals surface area contributed by atoms with E-state index in [2.05, 4.69) is 0 Å². The molecule has 0 aliphatic carbocycles. The summed E-state index contributed by atoms with van der Waals surface area (Å²) in [7, 11) is -7.91. The Morgan fingerprint density at radius 2 is 1.95 bits per heavy atom. The van der Waals surface area contributed by atoms with Crippen molar-refractivity contribution in [1.29, 1.82) is 0 Å². The van der Waals surface area contributed by atoms with Crippen LogP contribution in [0, 0.1) is 5.82 Å². The number of benzene rings is 1. The van der Waals surface area contributed by atoms with Gasteiger partial charge in [-0.2, -0.15) is 0 Å². The molecule has 0 radical (unpaired) electrons. The van der Waals surface area contributed by atoms with Crippen LogP contribution in [-0.4, -0.2) is 39.3 Å². The summed E-state index contributed by atoms with van der Waals surface area (Å²) in [5.74, 6) is -2.05. The number of sulfone groups is 1. The number of nitrogens with one attached hydrogen (secondary N) is 1. The van der Waals surface area contributed by atoms with Gasteiger partial charge in [-0.05, 0) is 24.3 Å². The summed E-state index contributed by atoms with van der Waals surface area (Å²) >= 11 is 0. The van der Waals surface area contributed by atoms with E-state index >= 15 is 0 Å². The number of sulfonamides is 1. The molecule has 0 saturated heterocycles. The summed E-state index contributed by atoms with van der Waals surface area (Å²) in [6, 6.07) is 3.07. The van der Waals surface area contributed by atoms with Gasteiger partial charge in [-0.25, -0.2) is 26.0 Å². The molecule has 0 heterocycles. The standard InChI is InChI=1S/C11H12FNO6S2/c1-20(16,17)7-21(18,19)13-9-3-4-10(12)8(6-9)2-5-11(14)15/h2-6,13H,7H2,1H3,(H,14,15)/b5-2+. The van der Waals surface area contributed by atoms with Gasteiger partial charge in [0.1, 0.15) is 5.82 Å². The Morgan fingerprint density at radius 1 is 1.33 bits per heavy atom. The molecule has 10 heteroatoms. The molecular formula is C11H12FNO6S2. The number of carboxylic acid groups (broad SMARTS) is 1. The molecule has 0 saturated carbocycles. The maximum atomic E-state index is 13.4. The van der Waals surface area contributed by atoms with Gasteiger partial charge in [0, 0.05) is 23.6 Å². The lowest BCUT2D eigenvalue weighted by atomic mass is 10.2. The Kier molecular flexibility index (Phi) is 5.07. The van der Waals surface area contributed by atoms with Gasteiger partial charge in [0.15, 0.2) is 14.9 Å². The zero-order valence-electron chi connectivity index (χ0n) is 10.8. The van der Waals surface area contributed by atoms with E-state index in [1.54, 1.807) is 0 Å². The van der Waals surface area contributed by atoms with Gasteiger partial charge in [0.2, 0.25) is 10.0 Å². The number of aliphatic carboxylic acids is 1. The van der Waals surface area contributed by atoms with Gasteiger partial charge >= 0.3 is 5.97 Å².